The van der Waals surface area contributed by atoms with Gasteiger partial charge in [0.2, 0.25) is 0 Å². The number of methoxy groups -OCH3 is 1. The summed E-state index contributed by atoms with van der Waals surface area (Å²) in [5.41, 5.74) is 1.32. The third kappa shape index (κ3) is 3.85. The van der Waals surface area contributed by atoms with Crippen LogP contribution in [0.25, 0.3) is 23.0 Å². The largest absolute Gasteiger partial charge is 0.496 e. The molecule has 134 valence electrons. The minimum absolute atomic E-state index is 0.0923. The van der Waals surface area contributed by atoms with Gasteiger partial charge in [-0.3, -0.25) is 10.1 Å². The van der Waals surface area contributed by atoms with Gasteiger partial charge in [-0.2, -0.15) is 5.26 Å². The average molecular weight is 364 g/mol. The summed E-state index contributed by atoms with van der Waals surface area (Å²) in [5, 5.41) is 20.3. The lowest BCUT2D eigenvalue weighted by molar-refractivity contribution is -0.384. The van der Waals surface area contributed by atoms with Gasteiger partial charge in [-0.1, -0.05) is 12.1 Å². The van der Waals surface area contributed by atoms with Crippen molar-refractivity contribution in [2.45, 2.75) is 0 Å². The minimum Gasteiger partial charge on any atom is -0.496 e. The fourth-order valence-electron chi connectivity index (χ4n) is 2.52. The number of halogens is 1. The molecule has 3 rings (SSSR count). The first-order chi connectivity index (χ1) is 13.0. The van der Waals surface area contributed by atoms with Gasteiger partial charge in [0.25, 0.3) is 5.69 Å². The molecule has 0 saturated heterocycles. The highest BCUT2D eigenvalue weighted by Gasteiger charge is 2.15. The third-order valence-electron chi connectivity index (χ3n) is 3.85. The van der Waals surface area contributed by atoms with Crippen molar-refractivity contribution < 1.29 is 18.5 Å². The first-order valence-corrected chi connectivity index (χ1v) is 7.82. The third-order valence-corrected chi connectivity index (χ3v) is 3.85. The summed E-state index contributed by atoms with van der Waals surface area (Å²) < 4.78 is 24.0. The molecule has 0 aliphatic carbocycles. The second-order valence-corrected chi connectivity index (χ2v) is 5.52. The molecule has 0 amide bonds. The van der Waals surface area contributed by atoms with Crippen molar-refractivity contribution in [2.75, 3.05) is 7.11 Å². The van der Waals surface area contributed by atoms with Gasteiger partial charge < -0.3 is 9.15 Å². The van der Waals surface area contributed by atoms with Crippen LogP contribution in [-0.2, 0) is 0 Å². The van der Waals surface area contributed by atoms with Crippen molar-refractivity contribution in [1.82, 2.24) is 0 Å². The summed E-state index contributed by atoms with van der Waals surface area (Å²) in [6, 6.07) is 15.2. The van der Waals surface area contributed by atoms with Gasteiger partial charge in [-0.15, -0.1) is 0 Å². The van der Waals surface area contributed by atoms with E-state index in [0.29, 0.717) is 34.0 Å². The summed E-state index contributed by atoms with van der Waals surface area (Å²) in [5.74, 6) is 0.755. The van der Waals surface area contributed by atoms with Gasteiger partial charge in [0.15, 0.2) is 0 Å². The number of hydrogen-bond acceptors (Lipinski definition) is 5. The molecule has 1 aromatic heterocycles. The molecule has 0 aliphatic rings. The van der Waals surface area contributed by atoms with E-state index >= 15 is 0 Å². The monoisotopic (exact) mass is 364 g/mol. The number of non-ortho nitro benzene ring substituents is 1. The molecule has 0 unspecified atom stereocenters. The summed E-state index contributed by atoms with van der Waals surface area (Å²) in [6.07, 6.45) is 1.54. The molecule has 0 atom stereocenters. The molecule has 0 spiro atoms. The molecule has 0 N–H and O–H groups in total. The van der Waals surface area contributed by atoms with E-state index in [4.69, 9.17) is 9.15 Å². The van der Waals surface area contributed by atoms with Crippen LogP contribution in [-0.4, -0.2) is 12.0 Å². The van der Waals surface area contributed by atoms with E-state index in [9.17, 15) is 19.8 Å². The molecular weight excluding hydrogens is 351 g/mol. The van der Waals surface area contributed by atoms with Crippen LogP contribution in [0.2, 0.25) is 0 Å². The fraction of sp³-hybridized carbons (Fsp3) is 0.0500. The predicted octanol–water partition coefficient (Wildman–Crippen LogP) is 5.07. The van der Waals surface area contributed by atoms with Crippen LogP contribution in [0.3, 0.4) is 0 Å². The van der Waals surface area contributed by atoms with Crippen LogP contribution in [0.1, 0.15) is 11.3 Å². The normalized spacial score (nSPS) is 11.1. The Balaban J connectivity index is 1.96. The van der Waals surface area contributed by atoms with E-state index < -0.39 is 4.92 Å². The van der Waals surface area contributed by atoms with E-state index in [-0.39, 0.29) is 11.5 Å². The van der Waals surface area contributed by atoms with Gasteiger partial charge in [0.05, 0.1) is 35.3 Å². The van der Waals surface area contributed by atoms with E-state index in [1.54, 1.807) is 12.1 Å². The number of hydrogen-bond donors (Lipinski definition) is 0. The van der Waals surface area contributed by atoms with Crippen molar-refractivity contribution in [3.8, 4) is 23.1 Å². The van der Waals surface area contributed by atoms with E-state index in [1.165, 1.54) is 55.7 Å². The number of nitro benzene ring substituents is 1. The molecule has 7 heteroatoms. The minimum atomic E-state index is -0.509. The number of nitrogens with zero attached hydrogens (tertiary/aromatic N) is 2. The highest BCUT2D eigenvalue weighted by atomic mass is 19.1. The van der Waals surface area contributed by atoms with Crippen molar-refractivity contribution in [3.63, 3.8) is 0 Å². The summed E-state index contributed by atoms with van der Waals surface area (Å²) in [4.78, 5) is 10.4. The van der Waals surface area contributed by atoms with Crippen molar-refractivity contribution in [1.29, 1.82) is 5.26 Å². The van der Waals surface area contributed by atoms with E-state index in [1.807, 2.05) is 0 Å². The standard InChI is InChI=1S/C20H13FN2O4/c1-26-20-11-16(23(24)25)6-8-18(20)19-9-7-17(27-19)10-14(12-22)13-2-4-15(21)5-3-13/h2-11H,1H3/b14-10-. The molecule has 0 bridgehead atoms. The predicted molar refractivity (Wildman–Crippen MR) is 97.2 cm³/mol. The molecule has 3 aromatic rings. The molecule has 6 nitrogen and oxygen atoms in total. The number of nitriles is 1. The summed E-state index contributed by atoms with van der Waals surface area (Å²) >= 11 is 0. The zero-order chi connectivity index (χ0) is 19.4. The summed E-state index contributed by atoms with van der Waals surface area (Å²) in [6.45, 7) is 0. The Morgan fingerprint density at radius 3 is 2.59 bits per heavy atom. The molecule has 0 aliphatic heterocycles. The van der Waals surface area contributed by atoms with Crippen LogP contribution < -0.4 is 4.74 Å². The van der Waals surface area contributed by atoms with Crippen LogP contribution >= 0.6 is 0 Å². The van der Waals surface area contributed by atoms with E-state index in [2.05, 4.69) is 6.07 Å². The Hall–Kier alpha value is -3.92. The second-order valence-electron chi connectivity index (χ2n) is 5.52. The molecule has 2 aromatic carbocycles. The molecule has 0 saturated carbocycles. The maximum absolute atomic E-state index is 13.0. The maximum Gasteiger partial charge on any atom is 0.273 e. The second kappa shape index (κ2) is 7.54. The van der Waals surface area contributed by atoms with Gasteiger partial charge in [-0.05, 0) is 42.0 Å². The smallest absolute Gasteiger partial charge is 0.273 e. The molecule has 27 heavy (non-hydrogen) atoms. The van der Waals surface area contributed by atoms with Gasteiger partial charge in [-0.25, -0.2) is 4.39 Å². The number of ether oxygens (including phenoxy) is 1. The SMILES string of the molecule is COc1cc([N+](=O)[O-])ccc1-c1ccc(/C=C(/C#N)c2ccc(F)cc2)o1. The molecule has 1 heterocycles. The van der Waals surface area contributed by atoms with Gasteiger partial charge in [0.1, 0.15) is 23.1 Å². The highest BCUT2D eigenvalue weighted by molar-refractivity contribution is 5.89. The average Bonchev–Trinajstić information content (AvgIpc) is 3.14. The number of rotatable bonds is 5. The van der Waals surface area contributed by atoms with Crippen molar-refractivity contribution in [3.05, 3.63) is 81.9 Å². The first kappa shape index (κ1) is 17.9. The Labute approximate surface area is 153 Å². The molecular formula is C20H13FN2O4. The molecule has 0 fully saturated rings. The lowest BCUT2D eigenvalue weighted by Gasteiger charge is -2.05. The lowest BCUT2D eigenvalue weighted by Crippen LogP contribution is -1.92. The van der Waals surface area contributed by atoms with Crippen LogP contribution in [0.5, 0.6) is 5.75 Å². The van der Waals surface area contributed by atoms with Crippen LogP contribution in [0, 0.1) is 27.3 Å². The maximum atomic E-state index is 13.0. The topological polar surface area (TPSA) is 89.3 Å². The first-order valence-electron chi connectivity index (χ1n) is 7.82. The number of benzene rings is 2. The van der Waals surface area contributed by atoms with Gasteiger partial charge >= 0.3 is 0 Å². The Morgan fingerprint density at radius 2 is 1.96 bits per heavy atom. The molecule has 0 radical (unpaired) electrons. The van der Waals surface area contributed by atoms with Crippen molar-refractivity contribution in [2.24, 2.45) is 0 Å². The highest BCUT2D eigenvalue weighted by Crippen LogP contribution is 2.34. The quantitative estimate of drug-likeness (QED) is 0.358. The van der Waals surface area contributed by atoms with Gasteiger partial charge in [0, 0.05) is 6.07 Å². The van der Waals surface area contributed by atoms with Crippen molar-refractivity contribution >= 4 is 17.3 Å². The Morgan fingerprint density at radius 1 is 1.22 bits per heavy atom. The number of nitro groups is 1. The number of allylic oxidation sites excluding steroid dienone is 1. The number of furan rings is 1. The zero-order valence-electron chi connectivity index (χ0n) is 14.2. The van der Waals surface area contributed by atoms with E-state index in [0.717, 1.165) is 0 Å². The zero-order valence-corrected chi connectivity index (χ0v) is 14.2. The Bertz CT molecular complexity index is 1060. The van der Waals surface area contributed by atoms with Crippen LogP contribution in [0.15, 0.2) is 59.0 Å². The van der Waals surface area contributed by atoms with Crippen LogP contribution in [0.4, 0.5) is 10.1 Å². The summed E-state index contributed by atoms with van der Waals surface area (Å²) in [7, 11) is 1.41. The lowest BCUT2D eigenvalue weighted by atomic mass is 10.1. The Kier molecular flexibility index (Phi) is 4.99. The fourth-order valence-corrected chi connectivity index (χ4v) is 2.52.